The average molecular weight is 362 g/mol. The second kappa shape index (κ2) is 8.11. The van der Waals surface area contributed by atoms with Gasteiger partial charge < -0.3 is 10.1 Å². The molecule has 0 aliphatic carbocycles. The average Bonchev–Trinajstić information content (AvgIpc) is 2.60. The lowest BCUT2D eigenvalue weighted by molar-refractivity contribution is 0.0950. The fourth-order valence-corrected chi connectivity index (χ4v) is 3.03. The van der Waals surface area contributed by atoms with Crippen molar-refractivity contribution in [3.8, 4) is 5.88 Å². The molecule has 0 saturated carbocycles. The second-order valence-electron chi connectivity index (χ2n) is 5.74. The summed E-state index contributed by atoms with van der Waals surface area (Å²) in [6, 6.07) is 9.52. The number of nitrogens with one attached hydrogen (secondary N) is 1. The number of carbonyl (C=O) groups is 1. The van der Waals surface area contributed by atoms with E-state index in [0.717, 1.165) is 5.56 Å². The molecule has 0 atom stereocenters. The Bertz CT molecular complexity index is 830. The van der Waals surface area contributed by atoms with Crippen LogP contribution < -0.4 is 10.1 Å². The molecule has 0 aliphatic rings. The molecule has 2 aromatic rings. The highest BCUT2D eigenvalue weighted by atomic mass is 32.2. The Balaban J connectivity index is 2.06. The predicted octanol–water partition coefficient (Wildman–Crippen LogP) is 2.59. The molecule has 1 heterocycles. The number of aromatic nitrogens is 1. The predicted molar refractivity (Wildman–Crippen MR) is 95.3 cm³/mol. The first kappa shape index (κ1) is 18.9. The van der Waals surface area contributed by atoms with Gasteiger partial charge in [0.2, 0.25) is 5.88 Å². The second-order valence-corrected chi connectivity index (χ2v) is 8.02. The van der Waals surface area contributed by atoms with E-state index in [4.69, 9.17) is 4.74 Å². The third kappa shape index (κ3) is 5.03. The number of amides is 1. The Morgan fingerprint density at radius 2 is 1.88 bits per heavy atom. The van der Waals surface area contributed by atoms with Gasteiger partial charge in [0.15, 0.2) is 9.84 Å². The minimum Gasteiger partial charge on any atom is -0.475 e. The van der Waals surface area contributed by atoms with Gasteiger partial charge in [0.1, 0.15) is 0 Å². The van der Waals surface area contributed by atoms with E-state index in [1.807, 2.05) is 19.9 Å². The molecule has 1 aromatic heterocycles. The summed E-state index contributed by atoms with van der Waals surface area (Å²) in [5.74, 6) is 0.222. The lowest BCUT2D eigenvalue weighted by Gasteiger charge is -2.13. The van der Waals surface area contributed by atoms with Gasteiger partial charge in [-0.25, -0.2) is 13.4 Å². The van der Waals surface area contributed by atoms with Gasteiger partial charge in [-0.05, 0) is 44.2 Å². The topological polar surface area (TPSA) is 85.4 Å². The quantitative estimate of drug-likeness (QED) is 0.818. The van der Waals surface area contributed by atoms with Gasteiger partial charge in [0, 0.05) is 23.9 Å². The molecule has 0 fully saturated rings. The van der Waals surface area contributed by atoms with Crippen LogP contribution in [-0.2, 0) is 16.4 Å². The first-order valence-corrected chi connectivity index (χ1v) is 9.70. The summed E-state index contributed by atoms with van der Waals surface area (Å²) < 4.78 is 29.2. The van der Waals surface area contributed by atoms with E-state index >= 15 is 0 Å². The van der Waals surface area contributed by atoms with Crippen LogP contribution in [0.2, 0.25) is 0 Å². The van der Waals surface area contributed by atoms with Gasteiger partial charge >= 0.3 is 0 Å². The van der Waals surface area contributed by atoms with Crippen molar-refractivity contribution < 1.29 is 17.9 Å². The van der Waals surface area contributed by atoms with E-state index in [2.05, 4.69) is 10.3 Å². The van der Waals surface area contributed by atoms with E-state index in [-0.39, 0.29) is 29.2 Å². The van der Waals surface area contributed by atoms with Crippen LogP contribution in [0.1, 0.15) is 36.7 Å². The van der Waals surface area contributed by atoms with Gasteiger partial charge in [-0.15, -0.1) is 0 Å². The lowest BCUT2D eigenvalue weighted by Crippen LogP contribution is -2.23. The summed E-state index contributed by atoms with van der Waals surface area (Å²) >= 11 is 0. The van der Waals surface area contributed by atoms with Gasteiger partial charge in [-0.3, -0.25) is 4.79 Å². The molecule has 0 radical (unpaired) electrons. The molecule has 0 saturated heterocycles. The van der Waals surface area contributed by atoms with Crippen LogP contribution in [0.5, 0.6) is 5.88 Å². The van der Waals surface area contributed by atoms with Crippen molar-refractivity contribution >= 4 is 15.7 Å². The molecular weight excluding hydrogens is 340 g/mol. The summed E-state index contributed by atoms with van der Waals surface area (Å²) in [4.78, 5) is 16.7. The molecule has 0 aliphatic heterocycles. The summed E-state index contributed by atoms with van der Waals surface area (Å²) in [6.45, 7) is 5.66. The number of carbonyl (C=O) groups excluding carboxylic acids is 1. The molecule has 134 valence electrons. The zero-order chi connectivity index (χ0) is 18.4. The van der Waals surface area contributed by atoms with Crippen molar-refractivity contribution in [3.05, 3.63) is 53.7 Å². The van der Waals surface area contributed by atoms with E-state index in [1.54, 1.807) is 19.2 Å². The first-order valence-electron chi connectivity index (χ1n) is 8.05. The van der Waals surface area contributed by atoms with Crippen LogP contribution in [0.3, 0.4) is 0 Å². The van der Waals surface area contributed by atoms with Crippen molar-refractivity contribution in [2.45, 2.75) is 38.3 Å². The van der Waals surface area contributed by atoms with Crippen molar-refractivity contribution in [2.75, 3.05) is 5.75 Å². The van der Waals surface area contributed by atoms with Crippen molar-refractivity contribution in [1.29, 1.82) is 0 Å². The molecule has 2 rings (SSSR count). The van der Waals surface area contributed by atoms with E-state index < -0.39 is 9.84 Å². The summed E-state index contributed by atoms with van der Waals surface area (Å²) in [7, 11) is -3.27. The Labute approximate surface area is 148 Å². The fourth-order valence-electron chi connectivity index (χ4n) is 2.15. The lowest BCUT2D eigenvalue weighted by atomic mass is 10.2. The van der Waals surface area contributed by atoms with Crippen LogP contribution in [0.25, 0.3) is 0 Å². The highest BCUT2D eigenvalue weighted by molar-refractivity contribution is 7.91. The molecule has 1 aromatic carbocycles. The molecule has 1 amide bonds. The SMILES string of the molecule is CCS(=O)(=O)c1ccc(C(=O)NCc2cccnc2OC(C)C)cc1. The molecule has 25 heavy (non-hydrogen) atoms. The third-order valence-corrected chi connectivity index (χ3v) is 5.24. The highest BCUT2D eigenvalue weighted by Gasteiger charge is 2.13. The van der Waals surface area contributed by atoms with E-state index in [9.17, 15) is 13.2 Å². The Morgan fingerprint density at radius 1 is 1.20 bits per heavy atom. The van der Waals surface area contributed by atoms with Crippen LogP contribution in [0.15, 0.2) is 47.5 Å². The number of hydrogen-bond donors (Lipinski definition) is 1. The van der Waals surface area contributed by atoms with Gasteiger partial charge in [-0.1, -0.05) is 13.0 Å². The van der Waals surface area contributed by atoms with Crippen LogP contribution >= 0.6 is 0 Å². The van der Waals surface area contributed by atoms with Crippen LogP contribution in [0, 0.1) is 0 Å². The molecule has 0 bridgehead atoms. The van der Waals surface area contributed by atoms with Gasteiger partial charge in [-0.2, -0.15) is 0 Å². The minimum atomic E-state index is -3.27. The van der Waals surface area contributed by atoms with E-state index in [1.165, 1.54) is 24.3 Å². The maximum atomic E-state index is 12.3. The zero-order valence-electron chi connectivity index (χ0n) is 14.5. The number of hydrogen-bond acceptors (Lipinski definition) is 5. The zero-order valence-corrected chi connectivity index (χ0v) is 15.3. The molecule has 1 N–H and O–H groups in total. The Hall–Kier alpha value is -2.41. The Kier molecular flexibility index (Phi) is 6.14. The standard InChI is InChI=1S/C18H22N2O4S/c1-4-25(22,23)16-9-7-14(8-10-16)17(21)20-12-15-6-5-11-19-18(15)24-13(2)3/h5-11,13H,4,12H2,1-3H3,(H,20,21). The monoisotopic (exact) mass is 362 g/mol. The maximum absolute atomic E-state index is 12.3. The molecule has 0 spiro atoms. The third-order valence-electron chi connectivity index (χ3n) is 3.49. The van der Waals surface area contributed by atoms with Crippen molar-refractivity contribution in [1.82, 2.24) is 10.3 Å². The van der Waals surface area contributed by atoms with Crippen molar-refractivity contribution in [3.63, 3.8) is 0 Å². The Morgan fingerprint density at radius 3 is 2.48 bits per heavy atom. The number of nitrogens with zero attached hydrogens (tertiary/aromatic N) is 1. The molecule has 6 nitrogen and oxygen atoms in total. The van der Waals surface area contributed by atoms with Crippen molar-refractivity contribution in [2.24, 2.45) is 0 Å². The minimum absolute atomic E-state index is 0.0163. The molecular formula is C18H22N2O4S. The number of pyridine rings is 1. The number of ether oxygens (including phenoxy) is 1. The number of sulfone groups is 1. The maximum Gasteiger partial charge on any atom is 0.251 e. The molecule has 0 unspecified atom stereocenters. The van der Waals surface area contributed by atoms with Gasteiger partial charge in [0.25, 0.3) is 5.91 Å². The largest absolute Gasteiger partial charge is 0.475 e. The van der Waals surface area contributed by atoms with Gasteiger partial charge in [0.05, 0.1) is 16.8 Å². The van der Waals surface area contributed by atoms with Crippen LogP contribution in [-0.4, -0.2) is 31.2 Å². The fraction of sp³-hybridized carbons (Fsp3) is 0.333. The normalized spacial score (nSPS) is 11.4. The summed E-state index contributed by atoms with van der Waals surface area (Å²) in [6.07, 6.45) is 1.62. The summed E-state index contributed by atoms with van der Waals surface area (Å²) in [5, 5.41) is 2.79. The first-order chi connectivity index (χ1) is 11.8. The molecule has 7 heteroatoms. The smallest absolute Gasteiger partial charge is 0.251 e. The van der Waals surface area contributed by atoms with Crippen LogP contribution in [0.4, 0.5) is 0 Å². The number of benzene rings is 1. The van der Waals surface area contributed by atoms with E-state index in [0.29, 0.717) is 11.4 Å². The highest BCUT2D eigenvalue weighted by Crippen LogP contribution is 2.16. The summed E-state index contributed by atoms with van der Waals surface area (Å²) in [5.41, 5.74) is 1.17. The number of rotatable bonds is 7.